The summed E-state index contributed by atoms with van der Waals surface area (Å²) in [5.74, 6) is -0.660. The summed E-state index contributed by atoms with van der Waals surface area (Å²) in [5.41, 5.74) is 4.35. The second kappa shape index (κ2) is 9.17. The lowest BCUT2D eigenvalue weighted by atomic mass is 10.1. The lowest BCUT2D eigenvalue weighted by Gasteiger charge is -2.21. The third-order valence-corrected chi connectivity index (χ3v) is 5.75. The van der Waals surface area contributed by atoms with E-state index < -0.39 is 11.9 Å². The van der Waals surface area contributed by atoms with Crippen molar-refractivity contribution < 1.29 is 18.8 Å². The number of hydroxylamine groups is 1. The van der Waals surface area contributed by atoms with Crippen molar-refractivity contribution in [3.8, 4) is 0 Å². The van der Waals surface area contributed by atoms with Crippen LogP contribution in [0.3, 0.4) is 0 Å². The summed E-state index contributed by atoms with van der Waals surface area (Å²) < 4.78 is 22.5. The van der Waals surface area contributed by atoms with Gasteiger partial charge in [-0.15, -0.1) is 0 Å². The summed E-state index contributed by atoms with van der Waals surface area (Å²) in [4.78, 5) is 22.6. The van der Waals surface area contributed by atoms with Gasteiger partial charge in [-0.1, -0.05) is 12.7 Å². The van der Waals surface area contributed by atoms with Crippen LogP contribution in [0.2, 0.25) is 0 Å². The van der Waals surface area contributed by atoms with Crippen LogP contribution in [0.15, 0.2) is 52.9 Å². The molecule has 1 unspecified atom stereocenters. The van der Waals surface area contributed by atoms with Crippen LogP contribution in [-0.4, -0.2) is 34.7 Å². The molecule has 9 heteroatoms. The van der Waals surface area contributed by atoms with E-state index in [0.29, 0.717) is 17.8 Å². The first-order valence-electron chi connectivity index (χ1n) is 9.72. The molecule has 158 valence electrons. The van der Waals surface area contributed by atoms with Gasteiger partial charge in [-0.05, 0) is 54.0 Å². The Balaban J connectivity index is 1.67. The maximum absolute atomic E-state index is 14.6. The number of aromatic nitrogens is 2. The fourth-order valence-corrected chi connectivity index (χ4v) is 4.07. The van der Waals surface area contributed by atoms with Gasteiger partial charge in [0.05, 0.1) is 23.5 Å². The molecule has 0 aliphatic heterocycles. The van der Waals surface area contributed by atoms with Gasteiger partial charge in [0.25, 0.3) is 5.91 Å². The van der Waals surface area contributed by atoms with E-state index in [4.69, 9.17) is 9.57 Å². The van der Waals surface area contributed by atoms with Crippen molar-refractivity contribution in [3.05, 3.63) is 58.6 Å². The van der Waals surface area contributed by atoms with Crippen LogP contribution in [0.4, 0.5) is 10.1 Å². The molecular weight excluding hydrogens is 502 g/mol. The topological polar surface area (TPSA) is 77.4 Å². The van der Waals surface area contributed by atoms with Gasteiger partial charge in [-0.2, -0.15) is 0 Å². The lowest BCUT2D eigenvalue weighted by Crippen LogP contribution is -2.29. The first kappa shape index (κ1) is 20.9. The number of halogens is 2. The molecule has 0 radical (unpaired) electrons. The number of rotatable bonds is 9. The minimum Gasteiger partial charge on any atom is -0.499 e. The van der Waals surface area contributed by atoms with Crippen LogP contribution in [-0.2, 0) is 9.57 Å². The molecule has 1 amide bonds. The first-order valence-corrected chi connectivity index (χ1v) is 10.8. The fourth-order valence-electron chi connectivity index (χ4n) is 3.51. The first-order chi connectivity index (χ1) is 14.6. The normalized spacial score (nSPS) is 18.5. The van der Waals surface area contributed by atoms with Crippen LogP contribution >= 0.6 is 22.6 Å². The number of nitrogens with one attached hydrogen (secondary N) is 2. The van der Waals surface area contributed by atoms with E-state index in [2.05, 4.69) is 45.0 Å². The van der Waals surface area contributed by atoms with E-state index in [1.54, 1.807) is 12.4 Å². The monoisotopic (exact) mass is 524 g/mol. The zero-order valence-electron chi connectivity index (χ0n) is 16.2. The molecule has 0 bridgehead atoms. The van der Waals surface area contributed by atoms with Gasteiger partial charge in [0, 0.05) is 27.4 Å². The molecule has 1 atom stereocenters. The summed E-state index contributed by atoms with van der Waals surface area (Å²) in [5, 5.41) is 4.03. The molecule has 2 aliphatic rings. The van der Waals surface area contributed by atoms with Crippen LogP contribution in [0.25, 0.3) is 10.9 Å². The summed E-state index contributed by atoms with van der Waals surface area (Å²) in [6, 6.07) is 1.56. The Morgan fingerprint density at radius 1 is 1.43 bits per heavy atom. The Morgan fingerprint density at radius 2 is 2.27 bits per heavy atom. The zero-order chi connectivity index (χ0) is 21.1. The second-order valence-corrected chi connectivity index (χ2v) is 8.33. The SMILES string of the molecule is C=COCCONC(=O)c1c(NC2CC=C(I)C=C2F)c2cnccc2n1C1CC1. The van der Waals surface area contributed by atoms with Gasteiger partial charge < -0.3 is 14.6 Å². The van der Waals surface area contributed by atoms with Gasteiger partial charge in [0.1, 0.15) is 24.7 Å². The average Bonchev–Trinajstić information content (AvgIpc) is 3.52. The third kappa shape index (κ3) is 4.36. The highest BCUT2D eigenvalue weighted by molar-refractivity contribution is 14.1. The number of carbonyl (C=O) groups excluding carboxylic acids is 1. The summed E-state index contributed by atoms with van der Waals surface area (Å²) in [6.07, 6.45) is 10.6. The number of hydrogen-bond donors (Lipinski definition) is 2. The summed E-state index contributed by atoms with van der Waals surface area (Å²) in [7, 11) is 0. The number of carbonyl (C=O) groups is 1. The maximum atomic E-state index is 14.6. The molecule has 4 rings (SSSR count). The third-order valence-electron chi connectivity index (χ3n) is 4.99. The molecule has 2 heterocycles. The molecule has 2 N–H and O–H groups in total. The van der Waals surface area contributed by atoms with Crippen LogP contribution in [0.5, 0.6) is 0 Å². The Bertz CT molecular complexity index is 1030. The van der Waals surface area contributed by atoms with Gasteiger partial charge >= 0.3 is 0 Å². The van der Waals surface area contributed by atoms with E-state index >= 15 is 0 Å². The Kier molecular flexibility index (Phi) is 6.38. The number of anilines is 1. The van der Waals surface area contributed by atoms with Crippen molar-refractivity contribution in [2.45, 2.75) is 31.3 Å². The van der Waals surface area contributed by atoms with Crippen LogP contribution in [0.1, 0.15) is 35.8 Å². The van der Waals surface area contributed by atoms with Crippen molar-refractivity contribution in [1.29, 1.82) is 0 Å². The smallest absolute Gasteiger partial charge is 0.293 e. The van der Waals surface area contributed by atoms with E-state index in [1.807, 2.05) is 16.7 Å². The van der Waals surface area contributed by atoms with Crippen LogP contribution < -0.4 is 10.8 Å². The Morgan fingerprint density at radius 3 is 3.00 bits per heavy atom. The highest BCUT2D eigenvalue weighted by atomic mass is 127. The van der Waals surface area contributed by atoms with Crippen molar-refractivity contribution in [2.24, 2.45) is 0 Å². The molecule has 7 nitrogen and oxygen atoms in total. The maximum Gasteiger partial charge on any atom is 0.293 e. The minimum atomic E-state index is -0.546. The average molecular weight is 524 g/mol. The number of amides is 1. The fraction of sp³-hybridized carbons (Fsp3) is 0.333. The highest BCUT2D eigenvalue weighted by Gasteiger charge is 2.34. The minimum absolute atomic E-state index is 0.176. The van der Waals surface area contributed by atoms with Crippen LogP contribution in [0, 0.1) is 0 Å². The van der Waals surface area contributed by atoms with E-state index in [9.17, 15) is 9.18 Å². The molecule has 2 aliphatic carbocycles. The molecule has 2 aromatic heterocycles. The molecule has 30 heavy (non-hydrogen) atoms. The molecule has 1 saturated carbocycles. The van der Waals surface area contributed by atoms with Gasteiger partial charge in [-0.3, -0.25) is 14.6 Å². The quantitative estimate of drug-likeness (QED) is 0.218. The second-order valence-electron chi connectivity index (χ2n) is 7.09. The number of ether oxygens (including phenoxy) is 1. The zero-order valence-corrected chi connectivity index (χ0v) is 18.4. The van der Waals surface area contributed by atoms with Gasteiger partial charge in [0.2, 0.25) is 0 Å². The number of allylic oxidation sites excluding steroid dienone is 2. The number of pyridine rings is 1. The van der Waals surface area contributed by atoms with E-state index in [1.165, 1.54) is 12.3 Å². The Labute approximate surface area is 187 Å². The number of fused-ring (bicyclic) bond motifs is 1. The molecule has 0 saturated heterocycles. The van der Waals surface area contributed by atoms with Crippen molar-refractivity contribution in [3.63, 3.8) is 0 Å². The van der Waals surface area contributed by atoms with Crippen molar-refractivity contribution in [2.75, 3.05) is 18.5 Å². The number of hydrogen-bond acceptors (Lipinski definition) is 5. The molecule has 1 fully saturated rings. The Hall–Kier alpha value is -2.40. The van der Waals surface area contributed by atoms with Crippen molar-refractivity contribution in [1.82, 2.24) is 15.0 Å². The van der Waals surface area contributed by atoms with Gasteiger partial charge in [0.15, 0.2) is 0 Å². The predicted octanol–water partition coefficient (Wildman–Crippen LogP) is 4.55. The summed E-state index contributed by atoms with van der Waals surface area (Å²) >= 11 is 2.10. The van der Waals surface area contributed by atoms with Crippen molar-refractivity contribution >= 4 is 45.1 Å². The lowest BCUT2D eigenvalue weighted by molar-refractivity contribution is 0.0139. The molecule has 0 aromatic carbocycles. The standard InChI is InChI=1S/C21H22FIN4O3/c1-2-29-9-10-30-26-21(28)20-19(25-17-6-3-13(23)11-16(17)22)15-12-24-8-7-18(15)27(20)14-4-5-14/h2-3,7-8,11-12,14,17,25H,1,4-6,9-10H2,(H,26,28). The molecular formula is C21H22FIN4O3. The summed E-state index contributed by atoms with van der Waals surface area (Å²) in [6.45, 7) is 3.91. The largest absolute Gasteiger partial charge is 0.499 e. The van der Waals surface area contributed by atoms with Gasteiger partial charge in [-0.25, -0.2) is 9.87 Å². The molecule has 2 aromatic rings. The van der Waals surface area contributed by atoms with E-state index in [-0.39, 0.29) is 25.1 Å². The number of nitrogens with zero attached hydrogens (tertiary/aromatic N) is 2. The van der Waals surface area contributed by atoms with E-state index in [0.717, 1.165) is 27.3 Å². The molecule has 0 spiro atoms. The predicted molar refractivity (Wildman–Crippen MR) is 121 cm³/mol. The highest BCUT2D eigenvalue weighted by Crippen LogP contribution is 2.43.